The summed E-state index contributed by atoms with van der Waals surface area (Å²) in [6.07, 6.45) is 12.7. The smallest absolute Gasteiger partial charge is 0.0814 e. The SMILES string of the molecule is CCC1CC2(C1)CN(C1CC3(CCN(CC4CCN(C)CC4)CC3)C1)CCO2. The van der Waals surface area contributed by atoms with Gasteiger partial charge < -0.3 is 14.5 Å². The second kappa shape index (κ2) is 7.83. The molecule has 2 aliphatic carbocycles. The molecule has 0 bridgehead atoms. The Morgan fingerprint density at radius 2 is 1.61 bits per heavy atom. The van der Waals surface area contributed by atoms with Crippen molar-refractivity contribution in [3.05, 3.63) is 0 Å². The molecule has 5 aliphatic rings. The average molecular weight is 390 g/mol. The van der Waals surface area contributed by atoms with Crippen LogP contribution in [0, 0.1) is 17.3 Å². The Bertz CT molecular complexity index is 522. The summed E-state index contributed by atoms with van der Waals surface area (Å²) >= 11 is 0. The summed E-state index contributed by atoms with van der Waals surface area (Å²) in [7, 11) is 2.28. The van der Waals surface area contributed by atoms with Gasteiger partial charge in [0, 0.05) is 25.7 Å². The molecule has 4 heteroatoms. The third-order valence-corrected chi connectivity index (χ3v) is 9.30. The Balaban J connectivity index is 1.05. The Hall–Kier alpha value is -0.160. The van der Waals surface area contributed by atoms with Crippen LogP contribution in [0.3, 0.4) is 0 Å². The van der Waals surface area contributed by atoms with Crippen LogP contribution in [-0.4, -0.2) is 85.8 Å². The first kappa shape index (κ1) is 19.8. The monoisotopic (exact) mass is 389 g/mol. The van der Waals surface area contributed by atoms with E-state index in [9.17, 15) is 0 Å². The molecule has 0 unspecified atom stereocenters. The average Bonchev–Trinajstić information content (AvgIpc) is 2.67. The third-order valence-electron chi connectivity index (χ3n) is 9.30. The maximum atomic E-state index is 6.26. The zero-order valence-corrected chi connectivity index (χ0v) is 18.5. The maximum Gasteiger partial charge on any atom is 0.0814 e. The molecule has 4 nitrogen and oxygen atoms in total. The number of hydrogen-bond acceptors (Lipinski definition) is 4. The lowest BCUT2D eigenvalue weighted by Gasteiger charge is -2.59. The lowest BCUT2D eigenvalue weighted by atomic mass is 9.59. The second-order valence-electron chi connectivity index (χ2n) is 11.3. The first-order valence-electron chi connectivity index (χ1n) is 12.4. The van der Waals surface area contributed by atoms with E-state index in [-0.39, 0.29) is 5.60 Å². The van der Waals surface area contributed by atoms with Gasteiger partial charge >= 0.3 is 0 Å². The molecule has 2 saturated carbocycles. The predicted octanol–water partition coefficient (Wildman–Crippen LogP) is 3.46. The van der Waals surface area contributed by atoms with Crippen LogP contribution >= 0.6 is 0 Å². The summed E-state index contributed by atoms with van der Waals surface area (Å²) in [5.41, 5.74) is 0.949. The van der Waals surface area contributed by atoms with E-state index >= 15 is 0 Å². The molecule has 28 heavy (non-hydrogen) atoms. The molecular formula is C24H43N3O. The number of piperidine rings is 2. The van der Waals surface area contributed by atoms with E-state index in [2.05, 4.69) is 28.7 Å². The van der Waals surface area contributed by atoms with Crippen LogP contribution in [0.25, 0.3) is 0 Å². The van der Waals surface area contributed by atoms with Crippen molar-refractivity contribution in [2.45, 2.75) is 76.4 Å². The molecule has 0 amide bonds. The summed E-state index contributed by atoms with van der Waals surface area (Å²) in [5.74, 6) is 1.89. The molecule has 0 N–H and O–H groups in total. The maximum absolute atomic E-state index is 6.26. The first-order chi connectivity index (χ1) is 13.6. The number of rotatable bonds is 4. The summed E-state index contributed by atoms with van der Waals surface area (Å²) in [6.45, 7) is 12.5. The highest BCUT2D eigenvalue weighted by molar-refractivity contribution is 5.06. The van der Waals surface area contributed by atoms with Crippen LogP contribution in [0.4, 0.5) is 0 Å². The van der Waals surface area contributed by atoms with E-state index in [4.69, 9.17) is 4.74 Å². The van der Waals surface area contributed by atoms with Gasteiger partial charge in [-0.15, -0.1) is 0 Å². The first-order valence-corrected chi connectivity index (χ1v) is 12.4. The fourth-order valence-corrected chi connectivity index (χ4v) is 7.14. The minimum atomic E-state index is 0.249. The van der Waals surface area contributed by atoms with E-state index in [0.717, 1.165) is 24.5 Å². The normalized spacial score (nSPS) is 35.1. The van der Waals surface area contributed by atoms with Crippen molar-refractivity contribution < 1.29 is 4.74 Å². The van der Waals surface area contributed by atoms with Crippen LogP contribution in [0.15, 0.2) is 0 Å². The standard InChI is InChI=1S/C24H43N3O/c1-3-20-14-24(15-20)19-27(12-13-28-24)22-16-23(17-22)6-10-26(11-7-23)18-21-4-8-25(2)9-5-21/h20-22H,3-19H2,1-2H3. The Morgan fingerprint density at radius 3 is 2.29 bits per heavy atom. The molecule has 5 fully saturated rings. The molecule has 2 spiro atoms. The van der Waals surface area contributed by atoms with Crippen molar-refractivity contribution in [2.75, 3.05) is 59.5 Å². The molecule has 0 aromatic carbocycles. The van der Waals surface area contributed by atoms with E-state index < -0.39 is 0 Å². The van der Waals surface area contributed by atoms with Crippen molar-refractivity contribution in [3.63, 3.8) is 0 Å². The third kappa shape index (κ3) is 3.91. The Morgan fingerprint density at radius 1 is 0.893 bits per heavy atom. The number of ether oxygens (including phenoxy) is 1. The van der Waals surface area contributed by atoms with Gasteiger partial charge in [-0.25, -0.2) is 0 Å². The Kier molecular flexibility index (Phi) is 5.53. The fraction of sp³-hybridized carbons (Fsp3) is 1.00. The molecule has 0 aromatic rings. The van der Waals surface area contributed by atoms with Gasteiger partial charge in [0.2, 0.25) is 0 Å². The fourth-order valence-electron chi connectivity index (χ4n) is 7.14. The van der Waals surface area contributed by atoms with Crippen LogP contribution in [0.1, 0.15) is 64.7 Å². The highest BCUT2D eigenvalue weighted by atomic mass is 16.5. The second-order valence-corrected chi connectivity index (χ2v) is 11.3. The van der Waals surface area contributed by atoms with Crippen LogP contribution in [0.5, 0.6) is 0 Å². The zero-order chi connectivity index (χ0) is 19.2. The highest BCUT2D eigenvalue weighted by Gasteiger charge is 2.52. The molecule has 5 rings (SSSR count). The predicted molar refractivity (Wildman–Crippen MR) is 115 cm³/mol. The van der Waals surface area contributed by atoms with Crippen molar-refractivity contribution in [3.8, 4) is 0 Å². The van der Waals surface area contributed by atoms with Gasteiger partial charge in [-0.05, 0) is 102 Å². The molecule has 3 aliphatic heterocycles. The highest BCUT2D eigenvalue weighted by Crippen LogP contribution is 2.53. The number of nitrogens with zero attached hydrogens (tertiary/aromatic N) is 3. The topological polar surface area (TPSA) is 19.0 Å². The van der Waals surface area contributed by atoms with E-state index in [1.165, 1.54) is 104 Å². The van der Waals surface area contributed by atoms with E-state index in [1.807, 2.05) is 0 Å². The molecule has 0 aromatic heterocycles. The van der Waals surface area contributed by atoms with E-state index in [0.29, 0.717) is 5.41 Å². The molecule has 3 heterocycles. The summed E-state index contributed by atoms with van der Waals surface area (Å²) in [5, 5.41) is 0. The molecule has 3 saturated heterocycles. The van der Waals surface area contributed by atoms with Crippen LogP contribution in [0.2, 0.25) is 0 Å². The van der Waals surface area contributed by atoms with Gasteiger partial charge in [-0.3, -0.25) is 4.90 Å². The minimum Gasteiger partial charge on any atom is -0.372 e. The lowest BCUT2D eigenvalue weighted by Crippen LogP contribution is -2.64. The van der Waals surface area contributed by atoms with Crippen LogP contribution < -0.4 is 0 Å². The molecule has 160 valence electrons. The molecule has 0 atom stereocenters. The number of morpholine rings is 1. The summed E-state index contributed by atoms with van der Waals surface area (Å²) in [4.78, 5) is 8.13. The van der Waals surface area contributed by atoms with Crippen molar-refractivity contribution in [1.29, 1.82) is 0 Å². The van der Waals surface area contributed by atoms with Gasteiger partial charge in [0.05, 0.1) is 12.2 Å². The van der Waals surface area contributed by atoms with Crippen molar-refractivity contribution >= 4 is 0 Å². The summed E-state index contributed by atoms with van der Waals surface area (Å²) < 4.78 is 6.26. The number of hydrogen-bond donors (Lipinski definition) is 0. The van der Waals surface area contributed by atoms with Gasteiger partial charge in [0.1, 0.15) is 0 Å². The Labute approximate surface area is 172 Å². The summed E-state index contributed by atoms with van der Waals surface area (Å²) in [6, 6.07) is 0.863. The minimum absolute atomic E-state index is 0.249. The van der Waals surface area contributed by atoms with Gasteiger partial charge in [0.25, 0.3) is 0 Å². The van der Waals surface area contributed by atoms with E-state index in [1.54, 1.807) is 0 Å². The van der Waals surface area contributed by atoms with Crippen molar-refractivity contribution in [1.82, 2.24) is 14.7 Å². The zero-order valence-electron chi connectivity index (χ0n) is 18.5. The van der Waals surface area contributed by atoms with Gasteiger partial charge in [-0.1, -0.05) is 13.3 Å². The number of likely N-dealkylation sites (tertiary alicyclic amines) is 2. The van der Waals surface area contributed by atoms with Crippen LogP contribution in [-0.2, 0) is 4.74 Å². The van der Waals surface area contributed by atoms with Crippen molar-refractivity contribution in [2.24, 2.45) is 17.3 Å². The lowest BCUT2D eigenvalue weighted by molar-refractivity contribution is -0.193. The van der Waals surface area contributed by atoms with Gasteiger partial charge in [0.15, 0.2) is 0 Å². The van der Waals surface area contributed by atoms with Gasteiger partial charge in [-0.2, -0.15) is 0 Å². The molecular weight excluding hydrogens is 346 g/mol. The largest absolute Gasteiger partial charge is 0.372 e. The molecule has 0 radical (unpaired) electrons. The quantitative estimate of drug-likeness (QED) is 0.733.